The molecule has 0 aromatic heterocycles. The van der Waals surface area contributed by atoms with E-state index in [0.29, 0.717) is 5.92 Å². The fourth-order valence-electron chi connectivity index (χ4n) is 10.9. The second-order valence-electron chi connectivity index (χ2n) is 17.5. The van der Waals surface area contributed by atoms with Gasteiger partial charge in [-0.1, -0.05) is 155 Å². The quantitative estimate of drug-likeness (QED) is 0.145. The third kappa shape index (κ3) is 6.34. The van der Waals surface area contributed by atoms with E-state index >= 15 is 0 Å². The van der Waals surface area contributed by atoms with Crippen molar-refractivity contribution in [2.24, 2.45) is 0 Å². The summed E-state index contributed by atoms with van der Waals surface area (Å²) in [4.78, 5) is 4.90. The molecule has 0 spiro atoms. The van der Waals surface area contributed by atoms with Crippen molar-refractivity contribution in [2.75, 3.05) is 9.80 Å². The van der Waals surface area contributed by atoms with Crippen LogP contribution < -0.4 is 9.80 Å². The van der Waals surface area contributed by atoms with Crippen LogP contribution >= 0.6 is 0 Å². The van der Waals surface area contributed by atoms with Crippen LogP contribution in [0.4, 0.5) is 34.1 Å². The number of nitrogens with zero attached hydrogens (tertiary/aromatic N) is 2. The maximum Gasteiger partial charge on any atom is 0.0508 e. The van der Waals surface area contributed by atoms with Crippen LogP contribution in [-0.2, 0) is 10.8 Å². The van der Waals surface area contributed by atoms with Crippen LogP contribution in [0.5, 0.6) is 0 Å². The van der Waals surface area contributed by atoms with E-state index in [1.807, 2.05) is 0 Å². The molecule has 0 N–H and O–H groups in total. The summed E-state index contributed by atoms with van der Waals surface area (Å²) in [5, 5.41) is 0. The minimum absolute atomic E-state index is 0.00844. The maximum absolute atomic E-state index is 2.54. The Morgan fingerprint density at radius 1 is 0.414 bits per heavy atom. The fraction of sp³-hybridized carbons (Fsp3) is 0.250. The van der Waals surface area contributed by atoms with Gasteiger partial charge < -0.3 is 9.80 Å². The molecule has 58 heavy (non-hydrogen) atoms. The average molecular weight is 755 g/mol. The summed E-state index contributed by atoms with van der Waals surface area (Å²) in [6, 6.07) is 66.2. The SMILES string of the molecule is CC1(C)c2ccccc2-c2cccc(N(c3ccc(C4CCCCC4)cc3)c3ccc(C4(c5ccc(N(c6ccccc6)c6ccccc6)cc5)CCCC4)cc3)c21. The third-order valence-corrected chi connectivity index (χ3v) is 13.9. The molecule has 3 aliphatic carbocycles. The van der Waals surface area contributed by atoms with Crippen molar-refractivity contribution in [1.82, 2.24) is 0 Å². The summed E-state index contributed by atoms with van der Waals surface area (Å²) in [6.07, 6.45) is 11.5. The Hall–Kier alpha value is -5.86. The van der Waals surface area contributed by atoms with Crippen LogP contribution in [0.1, 0.15) is 105 Å². The van der Waals surface area contributed by atoms with Crippen LogP contribution in [0.25, 0.3) is 11.1 Å². The molecule has 0 radical (unpaired) electrons. The van der Waals surface area contributed by atoms with Crippen molar-refractivity contribution in [2.45, 2.75) is 88.4 Å². The van der Waals surface area contributed by atoms with Crippen LogP contribution in [0.15, 0.2) is 176 Å². The number of para-hydroxylation sites is 2. The molecule has 0 unspecified atom stereocenters. The normalized spacial score (nSPS) is 16.7. The highest BCUT2D eigenvalue weighted by Gasteiger charge is 2.40. The van der Waals surface area contributed by atoms with Gasteiger partial charge >= 0.3 is 0 Å². The lowest BCUT2D eigenvalue weighted by molar-refractivity contribution is 0.443. The molecule has 7 aromatic carbocycles. The first-order valence-electron chi connectivity index (χ1n) is 21.8. The molecule has 7 aromatic rings. The maximum atomic E-state index is 2.54. The average Bonchev–Trinajstić information content (AvgIpc) is 3.88. The number of rotatable bonds is 9. The standard InChI is InChI=1S/C56H54N2/c1-55(2)52-25-13-12-23-50(52)51-24-16-26-53(54(51)55)58(48-33-27-42(28-34-48)41-17-6-3-7-18-41)49-37-31-44(32-38-49)56(39-14-15-40-56)43-29-35-47(36-30-43)57(45-19-8-4-9-20-45)46-21-10-5-11-22-46/h4-5,8-13,16,19-38,41H,3,6-7,14-15,17-18,39-40H2,1-2H3. The fourth-order valence-corrected chi connectivity index (χ4v) is 10.9. The van der Waals surface area contributed by atoms with Crippen LogP contribution in [-0.4, -0.2) is 0 Å². The van der Waals surface area contributed by atoms with Crippen LogP contribution in [0.3, 0.4) is 0 Å². The molecule has 3 aliphatic rings. The zero-order valence-electron chi connectivity index (χ0n) is 34.1. The lowest BCUT2D eigenvalue weighted by atomic mass is 9.73. The molecule has 0 heterocycles. The Bertz CT molecular complexity index is 2450. The van der Waals surface area contributed by atoms with E-state index in [-0.39, 0.29) is 10.8 Å². The van der Waals surface area contributed by atoms with Crippen LogP contribution in [0.2, 0.25) is 0 Å². The summed E-state index contributed by atoms with van der Waals surface area (Å²) >= 11 is 0. The first-order valence-corrected chi connectivity index (χ1v) is 21.8. The van der Waals surface area contributed by atoms with E-state index in [1.54, 1.807) is 0 Å². The predicted molar refractivity (Wildman–Crippen MR) is 245 cm³/mol. The number of hydrogen-bond acceptors (Lipinski definition) is 2. The first kappa shape index (κ1) is 36.5. The molecular formula is C56H54N2. The molecule has 2 saturated carbocycles. The molecule has 2 nitrogen and oxygen atoms in total. The van der Waals surface area contributed by atoms with Gasteiger partial charge in [0.1, 0.15) is 0 Å². The van der Waals surface area contributed by atoms with E-state index in [9.17, 15) is 0 Å². The Labute approximate surface area is 345 Å². The molecule has 0 saturated heterocycles. The van der Waals surface area contributed by atoms with E-state index < -0.39 is 0 Å². The number of benzene rings is 7. The van der Waals surface area contributed by atoms with Gasteiger partial charge in [0.05, 0.1) is 5.69 Å². The van der Waals surface area contributed by atoms with Gasteiger partial charge in [-0.2, -0.15) is 0 Å². The van der Waals surface area contributed by atoms with E-state index in [0.717, 1.165) is 24.2 Å². The monoisotopic (exact) mass is 754 g/mol. The highest BCUT2D eigenvalue weighted by atomic mass is 15.1. The Balaban J connectivity index is 1.03. The summed E-state index contributed by atoms with van der Waals surface area (Å²) in [7, 11) is 0. The lowest BCUT2D eigenvalue weighted by Gasteiger charge is -2.34. The highest BCUT2D eigenvalue weighted by molar-refractivity contribution is 5.90. The van der Waals surface area contributed by atoms with Gasteiger partial charge in [0.2, 0.25) is 0 Å². The van der Waals surface area contributed by atoms with Crippen molar-refractivity contribution in [3.8, 4) is 11.1 Å². The van der Waals surface area contributed by atoms with E-state index in [1.165, 1.54) is 107 Å². The molecule has 0 aliphatic heterocycles. The summed E-state index contributed by atoms with van der Waals surface area (Å²) in [5.74, 6) is 0.682. The number of hydrogen-bond donors (Lipinski definition) is 0. The zero-order valence-corrected chi connectivity index (χ0v) is 34.1. The summed E-state index contributed by atoms with van der Waals surface area (Å²) in [6.45, 7) is 4.81. The minimum atomic E-state index is -0.126. The minimum Gasteiger partial charge on any atom is -0.311 e. The lowest BCUT2D eigenvalue weighted by Crippen LogP contribution is -2.24. The van der Waals surface area contributed by atoms with Crippen LogP contribution in [0, 0.1) is 0 Å². The van der Waals surface area contributed by atoms with E-state index in [2.05, 4.69) is 200 Å². The van der Waals surface area contributed by atoms with Crippen molar-refractivity contribution in [1.29, 1.82) is 0 Å². The third-order valence-electron chi connectivity index (χ3n) is 13.9. The Kier molecular flexibility index (Phi) is 9.52. The van der Waals surface area contributed by atoms with Gasteiger partial charge in [-0.15, -0.1) is 0 Å². The first-order chi connectivity index (χ1) is 28.5. The Morgan fingerprint density at radius 3 is 1.48 bits per heavy atom. The Morgan fingerprint density at radius 2 is 0.897 bits per heavy atom. The van der Waals surface area contributed by atoms with Crippen molar-refractivity contribution < 1.29 is 0 Å². The highest BCUT2D eigenvalue weighted by Crippen LogP contribution is 2.55. The summed E-state index contributed by atoms with van der Waals surface area (Å²) < 4.78 is 0. The van der Waals surface area contributed by atoms with Gasteiger partial charge in [-0.25, -0.2) is 0 Å². The van der Waals surface area contributed by atoms with Crippen molar-refractivity contribution >= 4 is 34.1 Å². The molecule has 0 amide bonds. The molecule has 2 fully saturated rings. The predicted octanol–water partition coefficient (Wildman–Crippen LogP) is 15.8. The van der Waals surface area contributed by atoms with Gasteiger partial charge in [-0.05, 0) is 137 Å². The zero-order chi connectivity index (χ0) is 39.1. The molecule has 0 atom stereocenters. The molecule has 0 bridgehead atoms. The van der Waals surface area contributed by atoms with Gasteiger partial charge in [0.25, 0.3) is 0 Å². The molecule has 288 valence electrons. The number of anilines is 6. The van der Waals surface area contributed by atoms with Gasteiger partial charge in [-0.3, -0.25) is 0 Å². The van der Waals surface area contributed by atoms with E-state index in [4.69, 9.17) is 0 Å². The molecular weight excluding hydrogens is 701 g/mol. The second kappa shape index (κ2) is 15.1. The van der Waals surface area contributed by atoms with Crippen molar-refractivity contribution in [3.05, 3.63) is 204 Å². The number of fused-ring (bicyclic) bond motifs is 3. The summed E-state index contributed by atoms with van der Waals surface area (Å²) in [5.41, 5.74) is 16.9. The van der Waals surface area contributed by atoms with Gasteiger partial charge in [0.15, 0.2) is 0 Å². The van der Waals surface area contributed by atoms with Gasteiger partial charge in [0, 0.05) is 39.3 Å². The van der Waals surface area contributed by atoms with Crippen molar-refractivity contribution in [3.63, 3.8) is 0 Å². The topological polar surface area (TPSA) is 6.48 Å². The smallest absolute Gasteiger partial charge is 0.0508 e. The second-order valence-corrected chi connectivity index (χ2v) is 17.5. The largest absolute Gasteiger partial charge is 0.311 e. The molecule has 10 rings (SSSR count). The molecule has 2 heteroatoms.